The summed E-state index contributed by atoms with van der Waals surface area (Å²) in [6, 6.07) is 9.02. The summed E-state index contributed by atoms with van der Waals surface area (Å²) in [4.78, 5) is 11.4. The van der Waals surface area contributed by atoms with Crippen molar-refractivity contribution in [2.45, 2.75) is 49.5 Å². The van der Waals surface area contributed by atoms with E-state index < -0.39 is 18.2 Å². The predicted molar refractivity (Wildman–Crippen MR) is 86.9 cm³/mol. The number of nitrogens with one attached hydrogen (secondary N) is 2. The van der Waals surface area contributed by atoms with Gasteiger partial charge in [0.05, 0.1) is 12.2 Å². The van der Waals surface area contributed by atoms with Gasteiger partial charge in [-0.25, -0.2) is 0 Å². The first kappa shape index (κ1) is 17.9. The summed E-state index contributed by atoms with van der Waals surface area (Å²) in [6.07, 6.45) is -0.425. The second-order valence-electron chi connectivity index (χ2n) is 6.11. The lowest BCUT2D eigenvalue weighted by molar-refractivity contribution is -0.121. The molecule has 1 heterocycles. The van der Waals surface area contributed by atoms with Gasteiger partial charge in [0.25, 0.3) is 0 Å². The molecule has 1 aliphatic rings. The quantitative estimate of drug-likeness (QED) is 0.476. The minimum absolute atomic E-state index is 0.000309. The van der Waals surface area contributed by atoms with Crippen molar-refractivity contribution in [3.8, 4) is 0 Å². The number of benzene rings is 1. The Labute approximate surface area is 136 Å². The Balaban J connectivity index is 1.91. The van der Waals surface area contributed by atoms with E-state index in [0.29, 0.717) is 12.8 Å². The normalized spacial score (nSPS) is 28.5. The second kappa shape index (κ2) is 8.40. The molecule has 0 aromatic heterocycles. The average molecular weight is 322 g/mol. The Morgan fingerprint density at radius 1 is 1.22 bits per heavy atom. The smallest absolute Gasteiger partial charge is 0.221 e. The van der Waals surface area contributed by atoms with Gasteiger partial charge in [0.1, 0.15) is 0 Å². The van der Waals surface area contributed by atoms with Crippen molar-refractivity contribution in [1.29, 1.82) is 0 Å². The summed E-state index contributed by atoms with van der Waals surface area (Å²) < 4.78 is 0. The maximum Gasteiger partial charge on any atom is 0.221 e. The van der Waals surface area contributed by atoms with Crippen molar-refractivity contribution in [2.75, 3.05) is 13.7 Å². The third kappa shape index (κ3) is 4.51. The van der Waals surface area contributed by atoms with E-state index in [1.165, 1.54) is 0 Å². The minimum Gasteiger partial charge on any atom is -0.396 e. The van der Waals surface area contributed by atoms with Crippen LogP contribution in [-0.4, -0.2) is 59.2 Å². The lowest BCUT2D eigenvalue weighted by atomic mass is 9.92. The molecular formula is C17H26N2O4. The third-order valence-corrected chi connectivity index (χ3v) is 4.60. The molecule has 0 aliphatic carbocycles. The number of aliphatic hydroxyl groups excluding tert-OH is 3. The largest absolute Gasteiger partial charge is 0.396 e. The van der Waals surface area contributed by atoms with Crippen LogP contribution in [-0.2, 0) is 4.79 Å². The van der Waals surface area contributed by atoms with Gasteiger partial charge in [-0.1, -0.05) is 30.3 Å². The van der Waals surface area contributed by atoms with Gasteiger partial charge in [0, 0.05) is 38.1 Å². The molecular weight excluding hydrogens is 296 g/mol. The van der Waals surface area contributed by atoms with Gasteiger partial charge in [-0.15, -0.1) is 0 Å². The lowest BCUT2D eigenvalue weighted by Crippen LogP contribution is -2.38. The number of carbonyl (C=O) groups is 1. The van der Waals surface area contributed by atoms with Gasteiger partial charge in [0.15, 0.2) is 0 Å². The summed E-state index contributed by atoms with van der Waals surface area (Å²) in [7, 11) is 1.54. The molecule has 0 saturated carbocycles. The molecule has 1 aromatic carbocycles. The zero-order valence-electron chi connectivity index (χ0n) is 13.4. The first-order chi connectivity index (χ1) is 11.1. The van der Waals surface area contributed by atoms with Crippen molar-refractivity contribution in [2.24, 2.45) is 0 Å². The van der Waals surface area contributed by atoms with Crippen molar-refractivity contribution < 1.29 is 20.1 Å². The number of hydrogen-bond acceptors (Lipinski definition) is 5. The van der Waals surface area contributed by atoms with E-state index >= 15 is 0 Å². The van der Waals surface area contributed by atoms with Crippen LogP contribution in [0.2, 0.25) is 0 Å². The first-order valence-electron chi connectivity index (χ1n) is 8.05. The van der Waals surface area contributed by atoms with Crippen LogP contribution in [0.25, 0.3) is 0 Å². The van der Waals surface area contributed by atoms with Crippen LogP contribution in [0.15, 0.2) is 30.3 Å². The molecule has 1 amide bonds. The molecule has 2 rings (SSSR count). The summed E-state index contributed by atoms with van der Waals surface area (Å²) in [6.45, 7) is 0.0387. The molecule has 6 heteroatoms. The summed E-state index contributed by atoms with van der Waals surface area (Å²) >= 11 is 0. The molecule has 128 valence electrons. The SMILES string of the molecule is CNC(=O)C[C@H]1N[C@H](CCC(CO)c2ccccc2)[C@@H](O)[C@@H]1O. The van der Waals surface area contributed by atoms with Crippen LogP contribution in [0.4, 0.5) is 0 Å². The number of aliphatic hydroxyl groups is 3. The highest BCUT2D eigenvalue weighted by Crippen LogP contribution is 2.26. The maximum atomic E-state index is 11.4. The summed E-state index contributed by atoms with van der Waals surface area (Å²) in [5.41, 5.74) is 1.06. The summed E-state index contributed by atoms with van der Waals surface area (Å²) in [5, 5.41) is 35.5. The number of rotatable bonds is 7. The van der Waals surface area contributed by atoms with E-state index in [-0.39, 0.29) is 30.9 Å². The average Bonchev–Trinajstić information content (AvgIpc) is 2.84. The van der Waals surface area contributed by atoms with E-state index in [1.54, 1.807) is 7.05 Å². The molecule has 6 nitrogen and oxygen atoms in total. The van der Waals surface area contributed by atoms with Gasteiger partial charge < -0.3 is 26.0 Å². The Morgan fingerprint density at radius 2 is 1.87 bits per heavy atom. The summed E-state index contributed by atoms with van der Waals surface area (Å²) in [5.74, 6) is -0.174. The van der Waals surface area contributed by atoms with E-state index in [1.807, 2.05) is 30.3 Å². The van der Waals surface area contributed by atoms with Crippen LogP contribution in [0, 0.1) is 0 Å². The fraction of sp³-hybridized carbons (Fsp3) is 0.588. The Hall–Kier alpha value is -1.47. The van der Waals surface area contributed by atoms with Crippen molar-refractivity contribution >= 4 is 5.91 Å². The molecule has 5 atom stereocenters. The minimum atomic E-state index is -0.957. The fourth-order valence-corrected chi connectivity index (χ4v) is 3.15. The van der Waals surface area contributed by atoms with Gasteiger partial charge in [0.2, 0.25) is 5.91 Å². The molecule has 5 N–H and O–H groups in total. The Kier molecular flexibility index (Phi) is 6.53. The van der Waals surface area contributed by atoms with Gasteiger partial charge in [-0.3, -0.25) is 4.79 Å². The van der Waals surface area contributed by atoms with E-state index in [4.69, 9.17) is 0 Å². The van der Waals surface area contributed by atoms with Crippen molar-refractivity contribution in [3.63, 3.8) is 0 Å². The van der Waals surface area contributed by atoms with Gasteiger partial charge in [-0.2, -0.15) is 0 Å². The van der Waals surface area contributed by atoms with E-state index in [9.17, 15) is 20.1 Å². The number of amides is 1. The molecule has 1 unspecified atom stereocenters. The fourth-order valence-electron chi connectivity index (χ4n) is 3.15. The first-order valence-corrected chi connectivity index (χ1v) is 8.05. The van der Waals surface area contributed by atoms with E-state index in [2.05, 4.69) is 10.6 Å². The van der Waals surface area contributed by atoms with Crippen molar-refractivity contribution in [3.05, 3.63) is 35.9 Å². The third-order valence-electron chi connectivity index (χ3n) is 4.60. The Bertz CT molecular complexity index is 497. The van der Waals surface area contributed by atoms with Gasteiger partial charge in [-0.05, 0) is 18.4 Å². The predicted octanol–water partition coefficient (Wildman–Crippen LogP) is -0.259. The molecule has 1 fully saturated rings. The maximum absolute atomic E-state index is 11.4. The standard InChI is InChI=1S/C17H26N2O4/c1-18-15(21)9-14-17(23)16(22)13(19-14)8-7-12(10-20)11-5-3-2-4-6-11/h2-6,12-14,16-17,19-20,22-23H,7-10H2,1H3,(H,18,21)/t12?,13-,14-,16-,17-/m1/s1. The molecule has 1 aliphatic heterocycles. The lowest BCUT2D eigenvalue weighted by Gasteiger charge is -2.20. The monoisotopic (exact) mass is 322 g/mol. The van der Waals surface area contributed by atoms with Crippen molar-refractivity contribution in [1.82, 2.24) is 10.6 Å². The van der Waals surface area contributed by atoms with Gasteiger partial charge >= 0.3 is 0 Å². The highest BCUT2D eigenvalue weighted by atomic mass is 16.3. The number of hydrogen-bond donors (Lipinski definition) is 5. The van der Waals surface area contributed by atoms with Crippen LogP contribution < -0.4 is 10.6 Å². The topological polar surface area (TPSA) is 102 Å². The van der Waals surface area contributed by atoms with E-state index in [0.717, 1.165) is 5.56 Å². The van der Waals surface area contributed by atoms with Crippen LogP contribution in [0.3, 0.4) is 0 Å². The molecule has 0 bridgehead atoms. The Morgan fingerprint density at radius 3 is 2.48 bits per heavy atom. The highest BCUT2D eigenvalue weighted by Gasteiger charge is 2.41. The second-order valence-corrected chi connectivity index (χ2v) is 6.11. The molecule has 1 aromatic rings. The van der Waals surface area contributed by atoms with Crippen LogP contribution in [0.5, 0.6) is 0 Å². The number of carbonyl (C=O) groups excluding carboxylic acids is 1. The highest BCUT2D eigenvalue weighted by molar-refractivity contribution is 5.76. The zero-order valence-corrected chi connectivity index (χ0v) is 13.4. The molecule has 0 radical (unpaired) electrons. The molecule has 0 spiro atoms. The van der Waals surface area contributed by atoms with Crippen LogP contribution >= 0.6 is 0 Å². The molecule has 1 saturated heterocycles. The zero-order chi connectivity index (χ0) is 16.8. The van der Waals surface area contributed by atoms with Crippen LogP contribution in [0.1, 0.15) is 30.7 Å². The molecule has 23 heavy (non-hydrogen) atoms.